The third-order valence-corrected chi connectivity index (χ3v) is 5.87. The number of unbranched alkanes of at least 4 members (excludes halogenated alkanes) is 1. The molecule has 1 heterocycles. The van der Waals surface area contributed by atoms with E-state index >= 15 is 0 Å². The van der Waals surface area contributed by atoms with Gasteiger partial charge in [0.2, 0.25) is 0 Å². The van der Waals surface area contributed by atoms with Crippen molar-refractivity contribution in [3.8, 4) is 11.1 Å². The number of hydrogen-bond acceptors (Lipinski definition) is 5. The van der Waals surface area contributed by atoms with E-state index < -0.39 is 17.4 Å². The normalized spacial score (nSPS) is 14.3. The molecule has 154 valence electrons. The molecule has 0 bridgehead atoms. The Morgan fingerprint density at radius 2 is 1.62 bits per heavy atom. The number of carbonyl (C=O) groups is 2. The van der Waals surface area contributed by atoms with Crippen LogP contribution < -0.4 is 5.56 Å². The zero-order chi connectivity index (χ0) is 21.2. The largest absolute Gasteiger partial charge is 0.468 e. The summed E-state index contributed by atoms with van der Waals surface area (Å²) in [6, 6.07) is 9.40. The first kappa shape index (κ1) is 20.8. The van der Waals surface area contributed by atoms with Gasteiger partial charge in [-0.05, 0) is 30.0 Å². The third kappa shape index (κ3) is 3.37. The highest BCUT2D eigenvalue weighted by molar-refractivity contribution is 6.02. The summed E-state index contributed by atoms with van der Waals surface area (Å²) in [7, 11) is 2.53. The fourth-order valence-electron chi connectivity index (χ4n) is 4.30. The number of carbonyl (C=O) groups excluding carboxylic acids is 2. The van der Waals surface area contributed by atoms with E-state index in [1.807, 2.05) is 37.3 Å². The Morgan fingerprint density at radius 3 is 2.17 bits per heavy atom. The first-order valence-electron chi connectivity index (χ1n) is 9.88. The van der Waals surface area contributed by atoms with Crippen LogP contribution in [0.3, 0.4) is 0 Å². The number of benzene rings is 1. The lowest BCUT2D eigenvalue weighted by atomic mass is 9.84. The van der Waals surface area contributed by atoms with Gasteiger partial charge in [-0.2, -0.15) is 0 Å². The van der Waals surface area contributed by atoms with Crippen molar-refractivity contribution in [1.29, 1.82) is 0 Å². The van der Waals surface area contributed by atoms with Gasteiger partial charge in [0.15, 0.2) is 5.41 Å². The molecule has 0 atom stereocenters. The summed E-state index contributed by atoms with van der Waals surface area (Å²) in [6.45, 7) is 4.55. The van der Waals surface area contributed by atoms with Gasteiger partial charge in [0.1, 0.15) is 0 Å². The quantitative estimate of drug-likeness (QED) is 0.553. The Labute approximate surface area is 170 Å². The van der Waals surface area contributed by atoms with Crippen LogP contribution in [0.2, 0.25) is 0 Å². The van der Waals surface area contributed by atoms with Gasteiger partial charge in [-0.3, -0.25) is 14.4 Å². The van der Waals surface area contributed by atoms with Crippen LogP contribution >= 0.6 is 0 Å². The van der Waals surface area contributed by atoms with Crippen LogP contribution in [-0.4, -0.2) is 30.7 Å². The molecule has 0 radical (unpaired) electrons. The predicted molar refractivity (Wildman–Crippen MR) is 110 cm³/mol. The average molecular weight is 397 g/mol. The first-order chi connectivity index (χ1) is 13.9. The molecule has 0 spiro atoms. The molecule has 2 aromatic rings. The van der Waals surface area contributed by atoms with E-state index in [-0.39, 0.29) is 18.4 Å². The van der Waals surface area contributed by atoms with E-state index in [1.165, 1.54) is 14.2 Å². The van der Waals surface area contributed by atoms with Crippen molar-refractivity contribution in [2.45, 2.75) is 46.1 Å². The van der Waals surface area contributed by atoms with Gasteiger partial charge >= 0.3 is 11.9 Å². The molecule has 3 rings (SSSR count). The number of methoxy groups -OCH3 is 2. The van der Waals surface area contributed by atoms with Crippen LogP contribution in [0.15, 0.2) is 35.1 Å². The molecule has 6 heteroatoms. The molecular formula is C23H27NO5. The highest BCUT2D eigenvalue weighted by Gasteiger charge is 2.54. The summed E-state index contributed by atoms with van der Waals surface area (Å²) >= 11 is 0. The summed E-state index contributed by atoms with van der Waals surface area (Å²) in [5.74, 6) is -1.27. The highest BCUT2D eigenvalue weighted by atomic mass is 16.5. The summed E-state index contributed by atoms with van der Waals surface area (Å²) in [5.41, 5.74) is 2.18. The molecule has 1 aromatic heterocycles. The third-order valence-electron chi connectivity index (χ3n) is 5.87. The molecule has 0 fully saturated rings. The maximum absolute atomic E-state index is 13.5. The lowest BCUT2D eigenvalue weighted by Gasteiger charge is -2.22. The number of pyridine rings is 1. The van der Waals surface area contributed by atoms with Crippen LogP contribution in [0.25, 0.3) is 11.1 Å². The second kappa shape index (κ2) is 8.23. The van der Waals surface area contributed by atoms with Gasteiger partial charge in [-0.25, -0.2) is 0 Å². The number of rotatable bonds is 6. The topological polar surface area (TPSA) is 74.6 Å². The Kier molecular flexibility index (Phi) is 5.91. The molecule has 6 nitrogen and oxygen atoms in total. The lowest BCUT2D eigenvalue weighted by Crippen LogP contribution is -2.42. The van der Waals surface area contributed by atoms with Crippen molar-refractivity contribution < 1.29 is 19.1 Å². The number of nitrogens with zero attached hydrogens (tertiary/aromatic N) is 1. The minimum Gasteiger partial charge on any atom is -0.468 e. The predicted octanol–water partition coefficient (Wildman–Crippen LogP) is 3.05. The molecule has 0 saturated heterocycles. The van der Waals surface area contributed by atoms with Crippen LogP contribution in [0.4, 0.5) is 0 Å². The van der Waals surface area contributed by atoms with Crippen molar-refractivity contribution in [3.63, 3.8) is 0 Å². The minimum atomic E-state index is -1.46. The van der Waals surface area contributed by atoms with Gasteiger partial charge < -0.3 is 14.0 Å². The van der Waals surface area contributed by atoms with Crippen molar-refractivity contribution in [3.05, 3.63) is 57.5 Å². The molecule has 1 aromatic carbocycles. The van der Waals surface area contributed by atoms with E-state index in [9.17, 15) is 14.4 Å². The maximum atomic E-state index is 13.5. The van der Waals surface area contributed by atoms with Crippen molar-refractivity contribution in [1.82, 2.24) is 4.57 Å². The standard InChI is InChI=1S/C23H27NO5/c1-5-6-12-24-15(2)17-13-23(21(26)28-3,22(27)29-4)14-18(17)19(20(24)25)16-10-8-7-9-11-16/h7-11H,5-6,12-14H2,1-4H3. The summed E-state index contributed by atoms with van der Waals surface area (Å²) in [4.78, 5) is 38.9. The van der Waals surface area contributed by atoms with E-state index in [0.29, 0.717) is 12.1 Å². The molecule has 0 aliphatic heterocycles. The van der Waals surface area contributed by atoms with E-state index in [0.717, 1.165) is 35.2 Å². The summed E-state index contributed by atoms with van der Waals surface area (Å²) in [5, 5.41) is 0. The number of fused-ring (bicyclic) bond motifs is 1. The van der Waals surface area contributed by atoms with E-state index in [1.54, 1.807) is 4.57 Å². The molecule has 1 aliphatic carbocycles. The van der Waals surface area contributed by atoms with Crippen molar-refractivity contribution in [2.24, 2.45) is 5.41 Å². The number of hydrogen-bond donors (Lipinski definition) is 0. The number of aromatic nitrogens is 1. The Morgan fingerprint density at radius 1 is 1.03 bits per heavy atom. The van der Waals surface area contributed by atoms with E-state index in [2.05, 4.69) is 6.92 Å². The van der Waals surface area contributed by atoms with Crippen molar-refractivity contribution >= 4 is 11.9 Å². The molecule has 0 amide bonds. The minimum absolute atomic E-state index is 0.0913. The SMILES string of the molecule is CCCCn1c(C)c2c(c(-c3ccccc3)c1=O)CC(C(=O)OC)(C(=O)OC)C2. The van der Waals surface area contributed by atoms with E-state index in [4.69, 9.17) is 9.47 Å². The maximum Gasteiger partial charge on any atom is 0.323 e. The van der Waals surface area contributed by atoms with Gasteiger partial charge in [0, 0.05) is 25.1 Å². The Balaban J connectivity index is 2.29. The molecular weight excluding hydrogens is 370 g/mol. The zero-order valence-electron chi connectivity index (χ0n) is 17.4. The van der Waals surface area contributed by atoms with Crippen LogP contribution in [0, 0.1) is 12.3 Å². The molecule has 29 heavy (non-hydrogen) atoms. The zero-order valence-corrected chi connectivity index (χ0v) is 17.4. The van der Waals surface area contributed by atoms with Gasteiger partial charge in [-0.15, -0.1) is 0 Å². The fourth-order valence-corrected chi connectivity index (χ4v) is 4.30. The smallest absolute Gasteiger partial charge is 0.323 e. The van der Waals surface area contributed by atoms with Crippen molar-refractivity contribution in [2.75, 3.05) is 14.2 Å². The fraction of sp³-hybridized carbons (Fsp3) is 0.435. The Bertz CT molecular complexity index is 975. The summed E-state index contributed by atoms with van der Waals surface area (Å²) < 4.78 is 11.7. The van der Waals surface area contributed by atoms with Gasteiger partial charge in [-0.1, -0.05) is 43.7 Å². The second-order valence-electron chi connectivity index (χ2n) is 7.51. The Hall–Kier alpha value is -2.89. The molecule has 0 saturated carbocycles. The molecule has 0 N–H and O–H groups in total. The van der Waals surface area contributed by atoms with Crippen LogP contribution in [0.5, 0.6) is 0 Å². The average Bonchev–Trinajstić information content (AvgIpc) is 3.15. The first-order valence-corrected chi connectivity index (χ1v) is 9.88. The van der Waals surface area contributed by atoms with Crippen LogP contribution in [-0.2, 0) is 38.4 Å². The number of esters is 2. The monoisotopic (exact) mass is 397 g/mol. The lowest BCUT2D eigenvalue weighted by molar-refractivity contribution is -0.168. The molecule has 1 aliphatic rings. The summed E-state index contributed by atoms with van der Waals surface area (Å²) in [6.07, 6.45) is 2.08. The van der Waals surface area contributed by atoms with Gasteiger partial charge in [0.05, 0.1) is 19.8 Å². The molecule has 0 unspecified atom stereocenters. The highest BCUT2D eigenvalue weighted by Crippen LogP contribution is 2.43. The van der Waals surface area contributed by atoms with Gasteiger partial charge in [0.25, 0.3) is 5.56 Å². The van der Waals surface area contributed by atoms with Crippen LogP contribution in [0.1, 0.15) is 36.6 Å². The second-order valence-corrected chi connectivity index (χ2v) is 7.51. The number of ether oxygens (including phenoxy) is 2.